The van der Waals surface area contributed by atoms with Crippen molar-refractivity contribution >= 4 is 34.8 Å². The highest BCUT2D eigenvalue weighted by Gasteiger charge is 2.11. The van der Waals surface area contributed by atoms with Gasteiger partial charge in [-0.25, -0.2) is 0 Å². The van der Waals surface area contributed by atoms with Crippen LogP contribution in [0, 0.1) is 0 Å². The van der Waals surface area contributed by atoms with Gasteiger partial charge in [-0.15, -0.1) is 0 Å². The number of hydrogen-bond acceptors (Lipinski definition) is 2. The van der Waals surface area contributed by atoms with Crippen LogP contribution < -0.4 is 10.1 Å². The van der Waals surface area contributed by atoms with Gasteiger partial charge < -0.3 is 10.1 Å². The fourth-order valence-electron chi connectivity index (χ4n) is 1.87. The van der Waals surface area contributed by atoms with Gasteiger partial charge in [0.1, 0.15) is 11.5 Å². The molecule has 0 atom stereocenters. The van der Waals surface area contributed by atoms with Crippen molar-refractivity contribution in [1.29, 1.82) is 0 Å². The van der Waals surface area contributed by atoms with E-state index in [-0.39, 0.29) is 0 Å². The minimum atomic E-state index is 0.468. The molecule has 0 aliphatic rings. The van der Waals surface area contributed by atoms with Gasteiger partial charge in [-0.1, -0.05) is 47.8 Å². The Morgan fingerprint density at radius 3 is 2.52 bits per heavy atom. The average molecular weight is 345 g/mol. The Balaban J connectivity index is 2.24. The fraction of sp³-hybridized carbons (Fsp3) is 0.250. The third-order valence-electron chi connectivity index (χ3n) is 2.92. The van der Waals surface area contributed by atoms with Gasteiger partial charge in [-0.2, -0.15) is 0 Å². The lowest BCUT2D eigenvalue weighted by atomic mass is 10.2. The van der Waals surface area contributed by atoms with Gasteiger partial charge in [-0.3, -0.25) is 0 Å². The van der Waals surface area contributed by atoms with Gasteiger partial charge in [0, 0.05) is 22.2 Å². The van der Waals surface area contributed by atoms with Crippen molar-refractivity contribution < 1.29 is 4.74 Å². The van der Waals surface area contributed by atoms with E-state index < -0.39 is 0 Å². The number of benzene rings is 2. The highest BCUT2D eigenvalue weighted by atomic mass is 35.5. The van der Waals surface area contributed by atoms with Gasteiger partial charge in [0.05, 0.1) is 5.02 Å². The molecular weight excluding hydrogens is 329 g/mol. The smallest absolute Gasteiger partial charge is 0.146 e. The van der Waals surface area contributed by atoms with Crippen molar-refractivity contribution in [2.45, 2.75) is 19.9 Å². The molecule has 0 saturated heterocycles. The van der Waals surface area contributed by atoms with E-state index in [9.17, 15) is 0 Å². The maximum Gasteiger partial charge on any atom is 0.146 e. The zero-order chi connectivity index (χ0) is 15.2. The van der Waals surface area contributed by atoms with E-state index in [0.29, 0.717) is 33.1 Å². The molecule has 112 valence electrons. The van der Waals surface area contributed by atoms with Gasteiger partial charge in [0.2, 0.25) is 0 Å². The summed E-state index contributed by atoms with van der Waals surface area (Å²) >= 11 is 18.3. The second-order valence-corrected chi connectivity index (χ2v) is 5.82. The van der Waals surface area contributed by atoms with Gasteiger partial charge in [0.15, 0.2) is 0 Å². The molecule has 5 heteroatoms. The van der Waals surface area contributed by atoms with Crippen LogP contribution in [0.2, 0.25) is 15.1 Å². The summed E-state index contributed by atoms with van der Waals surface area (Å²) in [5.74, 6) is 1.25. The van der Waals surface area contributed by atoms with Crippen LogP contribution in [-0.2, 0) is 6.54 Å². The monoisotopic (exact) mass is 343 g/mol. The summed E-state index contributed by atoms with van der Waals surface area (Å²) < 4.78 is 5.89. The van der Waals surface area contributed by atoms with Crippen LogP contribution in [-0.4, -0.2) is 6.54 Å². The van der Waals surface area contributed by atoms with E-state index in [1.165, 1.54) is 0 Å². The Labute approximate surface area is 140 Å². The normalized spacial score (nSPS) is 10.7. The van der Waals surface area contributed by atoms with E-state index in [2.05, 4.69) is 12.2 Å². The second kappa shape index (κ2) is 7.90. The Hall–Kier alpha value is -0.930. The first-order valence-corrected chi connectivity index (χ1v) is 7.86. The van der Waals surface area contributed by atoms with E-state index in [4.69, 9.17) is 39.5 Å². The third kappa shape index (κ3) is 4.52. The maximum atomic E-state index is 6.27. The van der Waals surface area contributed by atoms with Gasteiger partial charge >= 0.3 is 0 Å². The van der Waals surface area contributed by atoms with E-state index in [1.807, 2.05) is 18.2 Å². The number of nitrogens with one attached hydrogen (secondary N) is 1. The molecule has 2 nitrogen and oxygen atoms in total. The Morgan fingerprint density at radius 1 is 1.00 bits per heavy atom. The highest BCUT2D eigenvalue weighted by Crippen LogP contribution is 2.35. The van der Waals surface area contributed by atoms with Crippen molar-refractivity contribution in [3.05, 3.63) is 57.0 Å². The number of halogens is 3. The average Bonchev–Trinajstić information content (AvgIpc) is 2.45. The molecule has 0 bridgehead atoms. The fourth-order valence-corrected chi connectivity index (χ4v) is 2.55. The molecule has 1 N–H and O–H groups in total. The first kappa shape index (κ1) is 16.4. The standard InChI is InChI=1S/C16H16Cl3NO/c1-2-8-20-10-12-13(18)4-3-5-15(12)21-16-7-6-11(17)9-14(16)19/h3-7,9,20H,2,8,10H2,1H3. The minimum Gasteiger partial charge on any atom is -0.455 e. The van der Waals surface area contributed by atoms with Crippen molar-refractivity contribution in [1.82, 2.24) is 5.32 Å². The van der Waals surface area contributed by atoms with E-state index in [1.54, 1.807) is 18.2 Å². The summed E-state index contributed by atoms with van der Waals surface area (Å²) in [7, 11) is 0. The topological polar surface area (TPSA) is 21.3 Å². The molecule has 0 fully saturated rings. The van der Waals surface area contributed by atoms with Crippen LogP contribution >= 0.6 is 34.8 Å². The lowest BCUT2D eigenvalue weighted by Gasteiger charge is -2.14. The summed E-state index contributed by atoms with van der Waals surface area (Å²) in [6.45, 7) is 3.69. The molecule has 0 unspecified atom stereocenters. The van der Waals surface area contributed by atoms with Crippen LogP contribution in [0.15, 0.2) is 36.4 Å². The van der Waals surface area contributed by atoms with Crippen LogP contribution in [0.3, 0.4) is 0 Å². The molecule has 0 aromatic heterocycles. The zero-order valence-electron chi connectivity index (χ0n) is 11.6. The van der Waals surface area contributed by atoms with Gasteiger partial charge in [-0.05, 0) is 43.3 Å². The Kier molecular flexibility index (Phi) is 6.19. The van der Waals surface area contributed by atoms with Crippen LogP contribution in [0.4, 0.5) is 0 Å². The molecule has 0 aliphatic carbocycles. The lowest BCUT2D eigenvalue weighted by Crippen LogP contribution is -2.14. The van der Waals surface area contributed by atoms with Crippen LogP contribution in [0.5, 0.6) is 11.5 Å². The molecule has 0 aliphatic heterocycles. The Bertz CT molecular complexity index is 616. The maximum absolute atomic E-state index is 6.27. The van der Waals surface area contributed by atoms with E-state index >= 15 is 0 Å². The Morgan fingerprint density at radius 2 is 1.81 bits per heavy atom. The number of hydrogen-bond donors (Lipinski definition) is 1. The summed E-state index contributed by atoms with van der Waals surface area (Å²) in [4.78, 5) is 0. The second-order valence-electron chi connectivity index (χ2n) is 4.57. The van der Waals surface area contributed by atoms with Crippen molar-refractivity contribution in [2.24, 2.45) is 0 Å². The van der Waals surface area contributed by atoms with Crippen molar-refractivity contribution in [2.75, 3.05) is 6.54 Å². The molecular formula is C16H16Cl3NO. The predicted molar refractivity (Wildman–Crippen MR) is 90.0 cm³/mol. The van der Waals surface area contributed by atoms with Crippen molar-refractivity contribution in [3.63, 3.8) is 0 Å². The molecule has 0 radical (unpaired) electrons. The lowest BCUT2D eigenvalue weighted by molar-refractivity contribution is 0.473. The molecule has 0 spiro atoms. The molecule has 0 amide bonds. The molecule has 21 heavy (non-hydrogen) atoms. The summed E-state index contributed by atoms with van der Waals surface area (Å²) in [5.41, 5.74) is 0.915. The largest absolute Gasteiger partial charge is 0.455 e. The summed E-state index contributed by atoms with van der Waals surface area (Å²) in [6.07, 6.45) is 1.06. The SMILES string of the molecule is CCCNCc1c(Cl)cccc1Oc1ccc(Cl)cc1Cl. The first-order valence-electron chi connectivity index (χ1n) is 6.73. The molecule has 0 heterocycles. The minimum absolute atomic E-state index is 0.468. The summed E-state index contributed by atoms with van der Waals surface area (Å²) in [6, 6.07) is 10.7. The number of rotatable bonds is 6. The number of ether oxygens (including phenoxy) is 1. The summed E-state index contributed by atoms with van der Waals surface area (Å²) in [5, 5.41) is 5.03. The zero-order valence-corrected chi connectivity index (χ0v) is 13.9. The van der Waals surface area contributed by atoms with Crippen LogP contribution in [0.25, 0.3) is 0 Å². The molecule has 2 aromatic carbocycles. The third-order valence-corrected chi connectivity index (χ3v) is 3.80. The predicted octanol–water partition coefficient (Wildman–Crippen LogP) is 5.94. The van der Waals surface area contributed by atoms with Gasteiger partial charge in [0.25, 0.3) is 0 Å². The van der Waals surface area contributed by atoms with E-state index in [0.717, 1.165) is 18.5 Å². The van der Waals surface area contributed by atoms with Crippen molar-refractivity contribution in [3.8, 4) is 11.5 Å². The molecule has 0 saturated carbocycles. The van der Waals surface area contributed by atoms with Crippen LogP contribution in [0.1, 0.15) is 18.9 Å². The molecule has 2 rings (SSSR count). The first-order chi connectivity index (χ1) is 10.1. The highest BCUT2D eigenvalue weighted by molar-refractivity contribution is 6.35. The molecule has 2 aromatic rings. The quantitative estimate of drug-likeness (QED) is 0.655.